The van der Waals surface area contributed by atoms with Gasteiger partial charge in [0.1, 0.15) is 17.7 Å². The summed E-state index contributed by atoms with van der Waals surface area (Å²) in [5.74, 6) is 0.251. The van der Waals surface area contributed by atoms with Crippen LogP contribution in [0.3, 0.4) is 0 Å². The second kappa shape index (κ2) is 8.81. The summed E-state index contributed by atoms with van der Waals surface area (Å²) in [6, 6.07) is 14.1. The zero-order chi connectivity index (χ0) is 19.2. The molecule has 0 saturated heterocycles. The van der Waals surface area contributed by atoms with E-state index in [4.69, 9.17) is 9.47 Å². The van der Waals surface area contributed by atoms with E-state index in [0.717, 1.165) is 11.3 Å². The summed E-state index contributed by atoms with van der Waals surface area (Å²) in [5.41, 5.74) is 0.981. The molecule has 1 atom stereocenters. The van der Waals surface area contributed by atoms with E-state index < -0.39 is 11.5 Å². The molecule has 0 aliphatic heterocycles. The lowest BCUT2D eigenvalue weighted by Gasteiger charge is -2.27. The van der Waals surface area contributed by atoms with E-state index in [0.29, 0.717) is 18.7 Å². The van der Waals surface area contributed by atoms with Gasteiger partial charge in [0.05, 0.1) is 13.7 Å². The number of nitrogens with one attached hydrogen (secondary N) is 1. The van der Waals surface area contributed by atoms with Crippen molar-refractivity contribution >= 4 is 5.91 Å². The van der Waals surface area contributed by atoms with Crippen molar-refractivity contribution in [1.29, 1.82) is 0 Å². The van der Waals surface area contributed by atoms with Crippen molar-refractivity contribution in [2.45, 2.75) is 38.9 Å². The first-order valence-electron chi connectivity index (χ1n) is 8.61. The molecule has 0 aromatic heterocycles. The molecule has 0 aliphatic carbocycles. The summed E-state index contributed by atoms with van der Waals surface area (Å²) in [5, 5.41) is 2.85. The summed E-state index contributed by atoms with van der Waals surface area (Å²) < 4.78 is 24.8. The highest BCUT2D eigenvalue weighted by molar-refractivity contribution is 5.80. The third-order valence-electron chi connectivity index (χ3n) is 4.31. The van der Waals surface area contributed by atoms with E-state index in [1.807, 2.05) is 38.1 Å². The van der Waals surface area contributed by atoms with Gasteiger partial charge in [-0.05, 0) is 36.2 Å². The molecule has 0 bridgehead atoms. The van der Waals surface area contributed by atoms with Crippen LogP contribution in [0.25, 0.3) is 0 Å². The van der Waals surface area contributed by atoms with Crippen LogP contribution in [0.2, 0.25) is 0 Å². The van der Waals surface area contributed by atoms with Crippen molar-refractivity contribution in [3.63, 3.8) is 0 Å². The van der Waals surface area contributed by atoms with Gasteiger partial charge in [0.25, 0.3) is 0 Å². The van der Waals surface area contributed by atoms with E-state index in [2.05, 4.69) is 5.32 Å². The first-order chi connectivity index (χ1) is 12.3. The minimum atomic E-state index is -0.613. The SMILES string of the molecule is COc1cccc(COC(C)C(=O)NCC(C)(C)c2ccccc2F)c1. The largest absolute Gasteiger partial charge is 0.497 e. The molecular formula is C21H26FNO3. The monoisotopic (exact) mass is 359 g/mol. The highest BCUT2D eigenvalue weighted by atomic mass is 19.1. The fraction of sp³-hybridized carbons (Fsp3) is 0.381. The van der Waals surface area contributed by atoms with Gasteiger partial charge in [0.15, 0.2) is 0 Å². The number of carbonyl (C=O) groups is 1. The van der Waals surface area contributed by atoms with Crippen LogP contribution in [0.15, 0.2) is 48.5 Å². The van der Waals surface area contributed by atoms with Gasteiger partial charge < -0.3 is 14.8 Å². The Morgan fingerprint density at radius 3 is 2.62 bits per heavy atom. The lowest BCUT2D eigenvalue weighted by atomic mass is 9.84. The number of amides is 1. The van der Waals surface area contributed by atoms with Crippen LogP contribution in [0.5, 0.6) is 5.75 Å². The maximum absolute atomic E-state index is 14.0. The number of benzene rings is 2. The van der Waals surface area contributed by atoms with Gasteiger partial charge >= 0.3 is 0 Å². The number of carbonyl (C=O) groups excluding carboxylic acids is 1. The number of hydrogen-bond donors (Lipinski definition) is 1. The Hall–Kier alpha value is -2.40. The molecule has 2 aromatic carbocycles. The molecule has 0 heterocycles. The van der Waals surface area contributed by atoms with Crippen LogP contribution >= 0.6 is 0 Å². The number of methoxy groups -OCH3 is 1. The van der Waals surface area contributed by atoms with Gasteiger partial charge in [-0.25, -0.2) is 4.39 Å². The van der Waals surface area contributed by atoms with Crippen molar-refractivity contribution in [2.75, 3.05) is 13.7 Å². The predicted molar refractivity (Wildman–Crippen MR) is 99.7 cm³/mol. The molecule has 1 amide bonds. The van der Waals surface area contributed by atoms with Crippen LogP contribution in [0.1, 0.15) is 31.9 Å². The van der Waals surface area contributed by atoms with E-state index in [-0.39, 0.29) is 11.7 Å². The third kappa shape index (κ3) is 5.30. The molecule has 4 nitrogen and oxygen atoms in total. The standard InChI is InChI=1S/C21H26FNO3/c1-15(26-13-16-8-7-9-17(12-16)25-4)20(24)23-14-21(2,3)18-10-5-6-11-19(18)22/h5-12,15H,13-14H2,1-4H3,(H,23,24). The molecule has 0 radical (unpaired) electrons. The minimum Gasteiger partial charge on any atom is -0.497 e. The molecule has 0 spiro atoms. The maximum Gasteiger partial charge on any atom is 0.248 e. The highest BCUT2D eigenvalue weighted by Gasteiger charge is 2.25. The van der Waals surface area contributed by atoms with E-state index in [9.17, 15) is 9.18 Å². The second-order valence-electron chi connectivity index (χ2n) is 6.89. The van der Waals surface area contributed by atoms with Crippen LogP contribution in [-0.2, 0) is 21.6 Å². The number of ether oxygens (including phenoxy) is 2. The number of halogens is 1. The lowest BCUT2D eigenvalue weighted by Crippen LogP contribution is -2.42. The maximum atomic E-state index is 14.0. The molecular weight excluding hydrogens is 333 g/mol. The zero-order valence-electron chi connectivity index (χ0n) is 15.7. The molecule has 2 aromatic rings. The van der Waals surface area contributed by atoms with Gasteiger partial charge in [-0.3, -0.25) is 4.79 Å². The van der Waals surface area contributed by atoms with Crippen molar-refractivity contribution in [3.05, 3.63) is 65.5 Å². The lowest BCUT2D eigenvalue weighted by molar-refractivity contribution is -0.132. The average Bonchev–Trinajstić information content (AvgIpc) is 2.64. The molecule has 5 heteroatoms. The summed E-state index contributed by atoms with van der Waals surface area (Å²) in [4.78, 5) is 12.3. The normalized spacial score (nSPS) is 12.5. The van der Waals surface area contributed by atoms with Crippen molar-refractivity contribution in [3.8, 4) is 5.75 Å². The Morgan fingerprint density at radius 2 is 1.92 bits per heavy atom. The van der Waals surface area contributed by atoms with Crippen molar-refractivity contribution in [1.82, 2.24) is 5.32 Å². The molecule has 0 aliphatic rings. The summed E-state index contributed by atoms with van der Waals surface area (Å²) in [6.07, 6.45) is -0.613. The summed E-state index contributed by atoms with van der Waals surface area (Å²) in [7, 11) is 1.60. The van der Waals surface area contributed by atoms with Crippen molar-refractivity contribution in [2.24, 2.45) is 0 Å². The number of rotatable bonds is 8. The molecule has 0 saturated carbocycles. The number of hydrogen-bond acceptors (Lipinski definition) is 3. The molecule has 26 heavy (non-hydrogen) atoms. The van der Waals surface area contributed by atoms with Crippen LogP contribution < -0.4 is 10.1 Å². The Morgan fingerprint density at radius 1 is 1.19 bits per heavy atom. The fourth-order valence-corrected chi connectivity index (χ4v) is 2.62. The molecule has 1 unspecified atom stereocenters. The van der Waals surface area contributed by atoms with Crippen LogP contribution in [-0.4, -0.2) is 25.7 Å². The Kier molecular flexibility index (Phi) is 6.75. The smallest absolute Gasteiger partial charge is 0.248 e. The first-order valence-corrected chi connectivity index (χ1v) is 8.61. The molecule has 140 valence electrons. The van der Waals surface area contributed by atoms with Crippen molar-refractivity contribution < 1.29 is 18.7 Å². The summed E-state index contributed by atoms with van der Waals surface area (Å²) >= 11 is 0. The fourth-order valence-electron chi connectivity index (χ4n) is 2.62. The van der Waals surface area contributed by atoms with Gasteiger partial charge in [-0.1, -0.05) is 44.2 Å². The van der Waals surface area contributed by atoms with Crippen LogP contribution in [0, 0.1) is 5.82 Å². The summed E-state index contributed by atoms with van der Waals surface area (Å²) in [6.45, 7) is 6.12. The molecule has 1 N–H and O–H groups in total. The molecule has 0 fully saturated rings. The van der Waals surface area contributed by atoms with E-state index in [1.54, 1.807) is 32.2 Å². The van der Waals surface area contributed by atoms with Crippen LogP contribution in [0.4, 0.5) is 4.39 Å². The third-order valence-corrected chi connectivity index (χ3v) is 4.31. The second-order valence-corrected chi connectivity index (χ2v) is 6.89. The topological polar surface area (TPSA) is 47.6 Å². The van der Waals surface area contributed by atoms with Gasteiger partial charge in [-0.2, -0.15) is 0 Å². The quantitative estimate of drug-likeness (QED) is 0.779. The Balaban J connectivity index is 1.87. The van der Waals surface area contributed by atoms with Gasteiger partial charge in [0, 0.05) is 12.0 Å². The van der Waals surface area contributed by atoms with Gasteiger partial charge in [-0.15, -0.1) is 0 Å². The molecule has 2 rings (SSSR count). The Labute approximate surface area is 154 Å². The minimum absolute atomic E-state index is 0.225. The van der Waals surface area contributed by atoms with Gasteiger partial charge in [0.2, 0.25) is 5.91 Å². The zero-order valence-corrected chi connectivity index (χ0v) is 15.7. The highest BCUT2D eigenvalue weighted by Crippen LogP contribution is 2.24. The van der Waals surface area contributed by atoms with E-state index in [1.165, 1.54) is 6.07 Å². The van der Waals surface area contributed by atoms with E-state index >= 15 is 0 Å². The first kappa shape index (κ1) is 19.9. The predicted octanol–water partition coefficient (Wildman–Crippen LogP) is 3.83. The average molecular weight is 359 g/mol. The Bertz CT molecular complexity index is 746.